The molecule has 0 spiro atoms. The highest BCUT2D eigenvalue weighted by Gasteiger charge is 2.20. The predicted octanol–water partition coefficient (Wildman–Crippen LogP) is 4.37. The van der Waals surface area contributed by atoms with E-state index in [0.717, 1.165) is 22.4 Å². The first-order chi connectivity index (χ1) is 14.6. The molecule has 1 aromatic heterocycles. The molecule has 1 heterocycles. The van der Waals surface area contributed by atoms with Crippen LogP contribution in [0.2, 0.25) is 0 Å². The third-order valence-electron chi connectivity index (χ3n) is 4.95. The number of nitrogen functional groups attached to an aromatic ring is 2. The summed E-state index contributed by atoms with van der Waals surface area (Å²) in [7, 11) is 1.60. The van der Waals surface area contributed by atoms with Crippen LogP contribution in [0.3, 0.4) is 0 Å². The van der Waals surface area contributed by atoms with Gasteiger partial charge in [0, 0.05) is 11.1 Å². The highest BCUT2D eigenvalue weighted by Crippen LogP contribution is 2.34. The molecule has 0 saturated heterocycles. The van der Waals surface area contributed by atoms with Crippen LogP contribution in [0.15, 0.2) is 36.4 Å². The number of nitrogens with zero attached hydrogens (tertiary/aromatic N) is 3. The number of aromatic nitrogens is 2. The van der Waals surface area contributed by atoms with Crippen molar-refractivity contribution in [2.45, 2.75) is 39.7 Å². The molecule has 0 amide bonds. The van der Waals surface area contributed by atoms with E-state index in [-0.39, 0.29) is 29.4 Å². The van der Waals surface area contributed by atoms with Gasteiger partial charge in [-0.05, 0) is 47.7 Å². The minimum atomic E-state index is -0.0628. The topological polar surface area (TPSA) is 120 Å². The SMILES string of the molecule is COc1ccc(-c2nc(N)nc(N)c2C#N)cc1COc1cc(C)ccc1C(C)(C)C. The highest BCUT2D eigenvalue weighted by atomic mass is 16.5. The molecule has 3 rings (SSSR count). The highest BCUT2D eigenvalue weighted by molar-refractivity contribution is 5.74. The van der Waals surface area contributed by atoms with Gasteiger partial charge in [-0.1, -0.05) is 32.9 Å². The van der Waals surface area contributed by atoms with Crippen LogP contribution in [-0.4, -0.2) is 17.1 Å². The lowest BCUT2D eigenvalue weighted by molar-refractivity contribution is 0.289. The minimum absolute atomic E-state index is 0.00898. The molecule has 0 aliphatic carbocycles. The van der Waals surface area contributed by atoms with Crippen molar-refractivity contribution >= 4 is 11.8 Å². The van der Waals surface area contributed by atoms with Crippen molar-refractivity contribution in [3.63, 3.8) is 0 Å². The summed E-state index contributed by atoms with van der Waals surface area (Å²) in [5, 5.41) is 9.51. The monoisotopic (exact) mass is 417 g/mol. The Morgan fingerprint density at radius 1 is 1.03 bits per heavy atom. The minimum Gasteiger partial charge on any atom is -0.496 e. The number of anilines is 2. The van der Waals surface area contributed by atoms with Crippen molar-refractivity contribution in [1.29, 1.82) is 5.26 Å². The van der Waals surface area contributed by atoms with Crippen molar-refractivity contribution in [2.24, 2.45) is 0 Å². The lowest BCUT2D eigenvalue weighted by atomic mass is 9.86. The zero-order valence-corrected chi connectivity index (χ0v) is 18.5. The van der Waals surface area contributed by atoms with Gasteiger partial charge in [-0.3, -0.25) is 0 Å². The van der Waals surface area contributed by atoms with E-state index in [4.69, 9.17) is 20.9 Å². The summed E-state index contributed by atoms with van der Waals surface area (Å²) >= 11 is 0. The van der Waals surface area contributed by atoms with E-state index in [9.17, 15) is 5.26 Å². The van der Waals surface area contributed by atoms with Crippen LogP contribution in [0.5, 0.6) is 11.5 Å². The summed E-state index contributed by atoms with van der Waals surface area (Å²) in [6, 6.07) is 13.8. The summed E-state index contributed by atoms with van der Waals surface area (Å²) in [5.41, 5.74) is 15.8. The molecule has 0 bridgehead atoms. The Labute approximate surface area is 182 Å². The predicted molar refractivity (Wildman–Crippen MR) is 122 cm³/mol. The molecule has 160 valence electrons. The van der Waals surface area contributed by atoms with Crippen LogP contribution in [0.4, 0.5) is 11.8 Å². The van der Waals surface area contributed by atoms with Gasteiger partial charge in [0.25, 0.3) is 0 Å². The standard InChI is InChI=1S/C24H27N5O2/c1-14-6-8-18(24(2,3)4)20(10-14)31-13-16-11-15(7-9-19(16)30-5)21-17(12-25)22(26)29-23(27)28-21/h6-11H,13H2,1-5H3,(H4,26,27,28,29). The average molecular weight is 418 g/mol. The molecule has 0 saturated carbocycles. The van der Waals surface area contributed by atoms with Gasteiger partial charge in [-0.15, -0.1) is 0 Å². The van der Waals surface area contributed by atoms with Gasteiger partial charge in [0.15, 0.2) is 0 Å². The number of aryl methyl sites for hydroxylation is 1. The van der Waals surface area contributed by atoms with Crippen LogP contribution in [-0.2, 0) is 12.0 Å². The summed E-state index contributed by atoms with van der Waals surface area (Å²) < 4.78 is 11.8. The average Bonchev–Trinajstić information content (AvgIpc) is 2.70. The summed E-state index contributed by atoms with van der Waals surface area (Å²) in [5.74, 6) is 1.55. The summed E-state index contributed by atoms with van der Waals surface area (Å²) in [4.78, 5) is 8.11. The Morgan fingerprint density at radius 3 is 2.42 bits per heavy atom. The Balaban J connectivity index is 2.02. The number of rotatable bonds is 5. The zero-order chi connectivity index (χ0) is 22.8. The van der Waals surface area contributed by atoms with Crippen LogP contribution < -0.4 is 20.9 Å². The fourth-order valence-electron chi connectivity index (χ4n) is 3.38. The van der Waals surface area contributed by atoms with Gasteiger partial charge in [0.1, 0.15) is 35.6 Å². The van der Waals surface area contributed by atoms with E-state index in [1.54, 1.807) is 13.2 Å². The third-order valence-corrected chi connectivity index (χ3v) is 4.95. The summed E-state index contributed by atoms with van der Waals surface area (Å²) in [6.45, 7) is 8.77. The number of methoxy groups -OCH3 is 1. The first-order valence-electron chi connectivity index (χ1n) is 9.88. The van der Waals surface area contributed by atoms with Crippen LogP contribution >= 0.6 is 0 Å². The lowest BCUT2D eigenvalue weighted by Gasteiger charge is -2.23. The fraction of sp³-hybridized carbons (Fsp3) is 0.292. The third kappa shape index (κ3) is 4.69. The molecule has 0 radical (unpaired) electrons. The van der Waals surface area contributed by atoms with E-state index in [0.29, 0.717) is 17.0 Å². The molecule has 0 aliphatic heterocycles. The van der Waals surface area contributed by atoms with Crippen molar-refractivity contribution in [1.82, 2.24) is 9.97 Å². The second-order valence-electron chi connectivity index (χ2n) is 8.37. The molecule has 3 aromatic rings. The molecule has 31 heavy (non-hydrogen) atoms. The molecular formula is C24H27N5O2. The van der Waals surface area contributed by atoms with E-state index in [2.05, 4.69) is 48.9 Å². The molecule has 4 N–H and O–H groups in total. The number of nitriles is 1. The first kappa shape index (κ1) is 21.9. The Hall–Kier alpha value is -3.79. The molecule has 0 unspecified atom stereocenters. The maximum absolute atomic E-state index is 9.51. The van der Waals surface area contributed by atoms with Crippen LogP contribution in [0.25, 0.3) is 11.3 Å². The number of nitrogens with two attached hydrogens (primary N) is 2. The number of ether oxygens (including phenoxy) is 2. The first-order valence-corrected chi connectivity index (χ1v) is 9.88. The quantitative estimate of drug-likeness (QED) is 0.632. The van der Waals surface area contributed by atoms with Crippen molar-refractivity contribution in [3.05, 3.63) is 58.7 Å². The number of hydrogen-bond acceptors (Lipinski definition) is 7. The summed E-state index contributed by atoms with van der Waals surface area (Å²) in [6.07, 6.45) is 0. The Morgan fingerprint density at radius 2 is 1.77 bits per heavy atom. The van der Waals surface area contributed by atoms with Crippen LogP contribution in [0.1, 0.15) is 43.0 Å². The molecule has 0 fully saturated rings. The second-order valence-corrected chi connectivity index (χ2v) is 8.37. The van der Waals surface area contributed by atoms with Crippen molar-refractivity contribution < 1.29 is 9.47 Å². The maximum Gasteiger partial charge on any atom is 0.222 e. The van der Waals surface area contributed by atoms with Gasteiger partial charge in [0.2, 0.25) is 5.95 Å². The molecule has 7 nitrogen and oxygen atoms in total. The van der Waals surface area contributed by atoms with Gasteiger partial charge in [-0.2, -0.15) is 10.2 Å². The molecule has 7 heteroatoms. The van der Waals surface area contributed by atoms with Gasteiger partial charge >= 0.3 is 0 Å². The molecular weight excluding hydrogens is 390 g/mol. The van der Waals surface area contributed by atoms with Crippen molar-refractivity contribution in [2.75, 3.05) is 18.6 Å². The second kappa shape index (κ2) is 8.52. The Kier molecular flexibility index (Phi) is 6.02. The van der Waals surface area contributed by atoms with Gasteiger partial charge in [0.05, 0.1) is 12.8 Å². The van der Waals surface area contributed by atoms with E-state index in [1.807, 2.05) is 25.1 Å². The van der Waals surface area contributed by atoms with E-state index < -0.39 is 0 Å². The molecule has 0 aliphatic rings. The number of hydrogen-bond donors (Lipinski definition) is 2. The molecule has 2 aromatic carbocycles. The Bertz CT molecular complexity index is 1160. The van der Waals surface area contributed by atoms with Crippen molar-refractivity contribution in [3.8, 4) is 28.8 Å². The van der Waals surface area contributed by atoms with Crippen LogP contribution in [0, 0.1) is 18.3 Å². The number of benzene rings is 2. The lowest BCUT2D eigenvalue weighted by Crippen LogP contribution is -2.13. The smallest absolute Gasteiger partial charge is 0.222 e. The van der Waals surface area contributed by atoms with Gasteiger partial charge in [-0.25, -0.2) is 4.98 Å². The fourth-order valence-corrected chi connectivity index (χ4v) is 3.38. The van der Waals surface area contributed by atoms with E-state index >= 15 is 0 Å². The van der Waals surface area contributed by atoms with E-state index in [1.165, 1.54) is 0 Å². The largest absolute Gasteiger partial charge is 0.496 e. The normalized spacial score (nSPS) is 11.1. The zero-order valence-electron chi connectivity index (χ0n) is 18.5. The van der Waals surface area contributed by atoms with Gasteiger partial charge < -0.3 is 20.9 Å². The maximum atomic E-state index is 9.51. The molecule has 0 atom stereocenters.